The number of primary amides is 2. The monoisotopic (exact) mass is 961 g/mol. The summed E-state index contributed by atoms with van der Waals surface area (Å²) in [6, 6.07) is -2.92. The van der Waals surface area contributed by atoms with Crippen LogP contribution in [0, 0.1) is 5.92 Å². The predicted molar refractivity (Wildman–Crippen MR) is 242 cm³/mol. The molecule has 26 nitrogen and oxygen atoms in total. The van der Waals surface area contributed by atoms with Gasteiger partial charge in [-0.2, -0.15) is 0 Å². The predicted octanol–water partition coefficient (Wildman–Crippen LogP) is -5.85. The molecule has 19 N–H and O–H groups in total. The molecule has 378 valence electrons. The summed E-state index contributed by atoms with van der Waals surface area (Å²) in [5.41, 5.74) is 27.7. The van der Waals surface area contributed by atoms with Gasteiger partial charge in [0.15, 0.2) is 12.0 Å². The number of aliphatic hydroxyl groups is 2. The first-order valence-electron chi connectivity index (χ1n) is 22.0. The van der Waals surface area contributed by atoms with Crippen molar-refractivity contribution in [1.82, 2.24) is 36.8 Å². The number of nitrogens with two attached hydrogens (primary N) is 5. The van der Waals surface area contributed by atoms with Crippen molar-refractivity contribution in [2.45, 2.75) is 133 Å². The van der Waals surface area contributed by atoms with E-state index < -0.39 is 133 Å². The van der Waals surface area contributed by atoms with Crippen LogP contribution in [0.25, 0.3) is 0 Å². The molecule has 1 aliphatic heterocycles. The lowest BCUT2D eigenvalue weighted by Crippen LogP contribution is -2.61. The van der Waals surface area contributed by atoms with Crippen molar-refractivity contribution in [2.75, 3.05) is 19.7 Å². The van der Waals surface area contributed by atoms with Gasteiger partial charge in [-0.3, -0.25) is 48.1 Å². The maximum atomic E-state index is 14.3. The highest BCUT2D eigenvalue weighted by Crippen LogP contribution is 2.21. The van der Waals surface area contributed by atoms with E-state index in [-0.39, 0.29) is 64.0 Å². The molecule has 68 heavy (non-hydrogen) atoms. The van der Waals surface area contributed by atoms with Crippen molar-refractivity contribution < 1.29 is 63.3 Å². The van der Waals surface area contributed by atoms with E-state index in [1.165, 1.54) is 11.8 Å². The first kappa shape index (κ1) is 57.2. The molecule has 9 atom stereocenters. The number of carbonyl (C=O) groups excluding carboxylic acids is 9. The lowest BCUT2D eigenvalue weighted by Gasteiger charge is -2.32. The Kier molecular flexibility index (Phi) is 23.8. The number of hydrogen-bond donors (Lipinski definition) is 14. The standard InChI is InChI=1S/C42H67N13O13/c1-21(2)32(40(66)55-18-8-12-29(55)39(65)51-27(19-23-9-5-4-6-10-23)37(63)54-33(22(3)57)41(67)68)53-36(62)25(11-7-17-48-42(46)47)50-38(64)28(20-56)52-35(61)26(14-16-31(45)59)49-34(60)24(43)13-15-30(44)58/h4-6,9-10,21-22,24-29,32-33,56-57H,7-8,11-20,43H2,1-3H3,(H2,44,58)(H2,45,59)(H,49,60)(H,50,64)(H,51,65)(H,52,61)(H,53,62)(H,54,63)(H,67,68)(H4,46,47,48)/t22-,24+,25+,26+,27+,28+,29+,32+,33+/m1/s1. The third-order valence-electron chi connectivity index (χ3n) is 10.8. The van der Waals surface area contributed by atoms with E-state index in [9.17, 15) is 63.3 Å². The fourth-order valence-electron chi connectivity index (χ4n) is 6.99. The average Bonchev–Trinajstić information content (AvgIpc) is 3.77. The van der Waals surface area contributed by atoms with Crippen LogP contribution in [-0.4, -0.2) is 159 Å². The summed E-state index contributed by atoms with van der Waals surface area (Å²) >= 11 is 0. The van der Waals surface area contributed by atoms with E-state index in [4.69, 9.17) is 28.7 Å². The second kappa shape index (κ2) is 28.3. The summed E-state index contributed by atoms with van der Waals surface area (Å²) in [6.45, 7) is 3.48. The molecule has 2 rings (SSSR count). The number of guanidine groups is 1. The van der Waals surface area contributed by atoms with Gasteiger partial charge in [0.2, 0.25) is 53.2 Å². The Hall–Kier alpha value is -6.93. The largest absolute Gasteiger partial charge is 0.480 e. The second-order valence-electron chi connectivity index (χ2n) is 16.7. The number of benzene rings is 1. The maximum absolute atomic E-state index is 14.3. The number of hydrogen-bond acceptors (Lipinski definition) is 14. The minimum atomic E-state index is -1.74. The highest BCUT2D eigenvalue weighted by Gasteiger charge is 2.41. The number of rotatable bonds is 29. The zero-order valence-electron chi connectivity index (χ0n) is 38.4. The summed E-state index contributed by atoms with van der Waals surface area (Å²) in [5.74, 6) is -10.2. The van der Waals surface area contributed by atoms with Gasteiger partial charge in [-0.1, -0.05) is 44.2 Å². The van der Waals surface area contributed by atoms with Crippen molar-refractivity contribution in [3.63, 3.8) is 0 Å². The van der Waals surface area contributed by atoms with Crippen LogP contribution in [0.1, 0.15) is 77.7 Å². The molecule has 0 saturated carbocycles. The van der Waals surface area contributed by atoms with E-state index in [1.807, 2.05) is 0 Å². The van der Waals surface area contributed by atoms with E-state index in [1.54, 1.807) is 44.2 Å². The molecule has 1 fully saturated rings. The van der Waals surface area contributed by atoms with Crippen molar-refractivity contribution in [3.8, 4) is 0 Å². The number of carboxylic acids is 1. The fourth-order valence-corrected chi connectivity index (χ4v) is 6.99. The van der Waals surface area contributed by atoms with Gasteiger partial charge in [-0.25, -0.2) is 4.79 Å². The Morgan fingerprint density at radius 1 is 0.706 bits per heavy atom. The van der Waals surface area contributed by atoms with Gasteiger partial charge >= 0.3 is 5.97 Å². The van der Waals surface area contributed by atoms with Crippen LogP contribution in [-0.2, 0) is 54.4 Å². The molecular formula is C42H67N13O13. The van der Waals surface area contributed by atoms with Crippen LogP contribution in [0.4, 0.5) is 0 Å². The van der Waals surface area contributed by atoms with Gasteiger partial charge in [0.1, 0.15) is 36.3 Å². The van der Waals surface area contributed by atoms with E-state index in [0.29, 0.717) is 12.0 Å². The molecule has 1 aromatic carbocycles. The summed E-state index contributed by atoms with van der Waals surface area (Å²) in [6.07, 6.45) is -2.24. The molecule has 1 saturated heterocycles. The van der Waals surface area contributed by atoms with Gasteiger partial charge < -0.3 is 80.8 Å². The minimum absolute atomic E-state index is 0.00134. The number of nitrogens with one attached hydrogen (secondary N) is 6. The van der Waals surface area contributed by atoms with Gasteiger partial charge in [0.05, 0.1) is 18.8 Å². The van der Waals surface area contributed by atoms with Crippen molar-refractivity contribution in [1.29, 1.82) is 0 Å². The summed E-state index contributed by atoms with van der Waals surface area (Å²) in [7, 11) is 0. The van der Waals surface area contributed by atoms with Crippen LogP contribution in [0.15, 0.2) is 35.3 Å². The van der Waals surface area contributed by atoms with E-state index in [0.717, 1.165) is 0 Å². The molecule has 0 aliphatic carbocycles. The second-order valence-corrected chi connectivity index (χ2v) is 16.7. The Morgan fingerprint density at radius 3 is 1.79 bits per heavy atom. The van der Waals surface area contributed by atoms with Crippen molar-refractivity contribution in [3.05, 3.63) is 35.9 Å². The topological polar surface area (TPSA) is 449 Å². The summed E-state index contributed by atoms with van der Waals surface area (Å²) < 4.78 is 0. The Labute approximate surface area is 392 Å². The van der Waals surface area contributed by atoms with Gasteiger partial charge in [0.25, 0.3) is 0 Å². The average molecular weight is 962 g/mol. The third-order valence-corrected chi connectivity index (χ3v) is 10.8. The van der Waals surface area contributed by atoms with Crippen LogP contribution in [0.2, 0.25) is 0 Å². The molecule has 0 radical (unpaired) electrons. The molecule has 0 spiro atoms. The Morgan fingerprint density at radius 2 is 1.24 bits per heavy atom. The molecule has 26 heteroatoms. The lowest BCUT2D eigenvalue weighted by atomic mass is 10.0. The van der Waals surface area contributed by atoms with Gasteiger partial charge in [0, 0.05) is 32.4 Å². The minimum Gasteiger partial charge on any atom is -0.480 e. The van der Waals surface area contributed by atoms with Crippen molar-refractivity contribution in [2.24, 2.45) is 39.6 Å². The lowest BCUT2D eigenvalue weighted by molar-refractivity contribution is -0.146. The highest BCUT2D eigenvalue weighted by molar-refractivity contribution is 5.98. The maximum Gasteiger partial charge on any atom is 0.328 e. The zero-order chi connectivity index (χ0) is 51.2. The number of carbonyl (C=O) groups is 10. The molecule has 1 heterocycles. The van der Waals surface area contributed by atoms with Crippen LogP contribution in [0.3, 0.4) is 0 Å². The third kappa shape index (κ3) is 19.1. The number of amides is 9. The number of aliphatic imine (C=N–C) groups is 1. The normalized spacial score (nSPS) is 16.8. The first-order valence-corrected chi connectivity index (χ1v) is 22.0. The molecule has 1 aliphatic rings. The number of aliphatic hydroxyl groups excluding tert-OH is 2. The number of nitrogens with zero attached hydrogens (tertiary/aromatic N) is 2. The number of aliphatic carboxylic acids is 1. The van der Waals surface area contributed by atoms with Crippen molar-refractivity contribution >= 4 is 65.1 Å². The van der Waals surface area contributed by atoms with Crippen LogP contribution in [0.5, 0.6) is 0 Å². The smallest absolute Gasteiger partial charge is 0.328 e. The van der Waals surface area contributed by atoms with E-state index in [2.05, 4.69) is 36.9 Å². The Bertz CT molecular complexity index is 1970. The number of carboxylic acid groups (broad SMARTS) is 1. The van der Waals surface area contributed by atoms with Gasteiger partial charge in [-0.15, -0.1) is 0 Å². The van der Waals surface area contributed by atoms with Gasteiger partial charge in [-0.05, 0) is 56.9 Å². The SMILES string of the molecule is CC(C)[C@H](NC(=O)[C@H](CCCN=C(N)N)NC(=O)[C@H](CO)NC(=O)[C@H](CCC(N)=O)NC(=O)[C@@H](N)CCC(N)=O)C(=O)N1CCC[C@H]1C(=O)N[C@@H](Cc1ccccc1)C(=O)N[C@H](C(=O)O)[C@@H](C)O. The molecule has 9 amide bonds. The Balaban J connectivity index is 2.34. The summed E-state index contributed by atoms with van der Waals surface area (Å²) in [4.78, 5) is 135. The molecule has 0 aromatic heterocycles. The fraction of sp³-hybridized carbons (Fsp3) is 0.595. The van der Waals surface area contributed by atoms with Crippen LogP contribution < -0.4 is 60.6 Å². The van der Waals surface area contributed by atoms with E-state index >= 15 is 0 Å². The molecular weight excluding hydrogens is 895 g/mol. The molecule has 1 aromatic rings. The quantitative estimate of drug-likeness (QED) is 0.0202. The molecule has 0 unspecified atom stereocenters. The number of likely N-dealkylation sites (tertiary alicyclic amines) is 1. The summed E-state index contributed by atoms with van der Waals surface area (Å²) in [5, 5.41) is 44.3. The van der Waals surface area contributed by atoms with Crippen LogP contribution >= 0.6 is 0 Å². The zero-order valence-corrected chi connectivity index (χ0v) is 38.4. The first-order chi connectivity index (χ1) is 32.0. The highest BCUT2D eigenvalue weighted by atomic mass is 16.4. The molecule has 0 bridgehead atoms.